The van der Waals surface area contributed by atoms with Gasteiger partial charge in [-0.3, -0.25) is 0 Å². The van der Waals surface area contributed by atoms with Crippen molar-refractivity contribution in [2.75, 3.05) is 0 Å². The molecule has 0 aromatic heterocycles. The van der Waals surface area contributed by atoms with Crippen molar-refractivity contribution in [2.45, 2.75) is 49.7 Å². The van der Waals surface area contributed by atoms with Gasteiger partial charge >= 0.3 is 94.0 Å². The summed E-state index contributed by atoms with van der Waals surface area (Å²) in [6, 6.07) is 0. The molecule has 0 saturated heterocycles. The summed E-state index contributed by atoms with van der Waals surface area (Å²) in [6.45, 7) is 7.78. The first-order chi connectivity index (χ1) is 6.54. The van der Waals surface area contributed by atoms with Crippen molar-refractivity contribution in [1.29, 1.82) is 0 Å². The monoisotopic (exact) mass is 298 g/mol. The fourth-order valence-corrected chi connectivity index (χ4v) is 9.83. The molecule has 0 radical (unpaired) electrons. The number of hydrogen-bond donors (Lipinski definition) is 0. The number of rotatable bonds is 4. The summed E-state index contributed by atoms with van der Waals surface area (Å²) in [5, 5.41) is 0. The van der Waals surface area contributed by atoms with E-state index < -0.39 is 18.4 Å². The molecule has 0 aromatic carbocycles. The van der Waals surface area contributed by atoms with Crippen LogP contribution in [-0.4, -0.2) is 25.1 Å². The molecule has 0 nitrogen and oxygen atoms in total. The Balaban J connectivity index is 2.93. The predicted molar refractivity (Wildman–Crippen MR) is 70.7 cm³/mol. The molecule has 1 heterocycles. The van der Waals surface area contributed by atoms with Gasteiger partial charge in [-0.25, -0.2) is 0 Å². The first kappa shape index (κ1) is 12.4. The van der Waals surface area contributed by atoms with Crippen LogP contribution in [0.25, 0.3) is 0 Å². The summed E-state index contributed by atoms with van der Waals surface area (Å²) in [7, 11) is 0. The van der Waals surface area contributed by atoms with E-state index in [1.807, 2.05) is 0 Å². The van der Waals surface area contributed by atoms with E-state index in [4.69, 9.17) is 0 Å². The average molecular weight is 297 g/mol. The van der Waals surface area contributed by atoms with Crippen LogP contribution in [0.2, 0.25) is 22.5 Å². The molecule has 0 atom stereocenters. The SMILES string of the molecule is CCB(CC)C1=[CH][Sn]([CH3])([CH3])[CH]=C1CC. The number of hydrogen-bond acceptors (Lipinski definition) is 0. The van der Waals surface area contributed by atoms with Gasteiger partial charge in [0.25, 0.3) is 0 Å². The van der Waals surface area contributed by atoms with E-state index in [1.165, 1.54) is 19.1 Å². The fraction of sp³-hybridized carbons (Fsp3) is 0.667. The zero-order chi connectivity index (χ0) is 10.8. The standard InChI is InChI=1S/C10H17B.2CH3.Sn/c1-6-9(4)10(5)11(7-2)8-3;;;/h4-5H,6-8H2,1-3H3;2*1H3;. The molecule has 0 unspecified atom stereocenters. The molecule has 0 saturated carbocycles. The zero-order valence-corrected chi connectivity index (χ0v) is 13.2. The minimum absolute atomic E-state index is 0.833. The van der Waals surface area contributed by atoms with Crippen LogP contribution < -0.4 is 0 Å². The van der Waals surface area contributed by atoms with Crippen molar-refractivity contribution < 1.29 is 0 Å². The molecule has 2 heteroatoms. The second kappa shape index (κ2) is 4.91. The molecule has 0 spiro atoms. The predicted octanol–water partition coefficient (Wildman–Crippen LogP) is 4.12. The Morgan fingerprint density at radius 2 is 1.64 bits per heavy atom. The minimum atomic E-state index is -1.82. The topological polar surface area (TPSA) is 0 Å². The Morgan fingerprint density at radius 1 is 1.07 bits per heavy atom. The normalized spacial score (nSPS) is 19.2. The molecule has 0 aromatic rings. The molecule has 0 N–H and O–H groups in total. The van der Waals surface area contributed by atoms with Crippen molar-refractivity contribution in [1.82, 2.24) is 0 Å². The van der Waals surface area contributed by atoms with E-state index in [-0.39, 0.29) is 0 Å². The van der Waals surface area contributed by atoms with E-state index >= 15 is 0 Å². The Morgan fingerprint density at radius 3 is 2.07 bits per heavy atom. The molecule has 1 aliphatic heterocycles. The molecule has 1 aliphatic rings. The Kier molecular flexibility index (Phi) is 4.36. The maximum absolute atomic E-state index is 2.69. The average Bonchev–Trinajstić information content (AvgIpc) is 2.44. The first-order valence-electron chi connectivity index (χ1n) is 5.98. The molecule has 0 bridgehead atoms. The zero-order valence-electron chi connectivity index (χ0n) is 10.4. The van der Waals surface area contributed by atoms with Crippen molar-refractivity contribution >= 4 is 25.1 Å². The molecule has 0 amide bonds. The Hall–Kier alpha value is 0.344. The van der Waals surface area contributed by atoms with Gasteiger partial charge in [0.15, 0.2) is 0 Å². The van der Waals surface area contributed by atoms with Crippen LogP contribution in [0.1, 0.15) is 27.2 Å². The fourth-order valence-electron chi connectivity index (χ4n) is 2.48. The molecule has 0 aliphatic carbocycles. The van der Waals surface area contributed by atoms with Gasteiger partial charge in [0.1, 0.15) is 0 Å². The van der Waals surface area contributed by atoms with Crippen LogP contribution in [0, 0.1) is 0 Å². The Bertz CT molecular complexity index is 259. The van der Waals surface area contributed by atoms with Crippen molar-refractivity contribution in [3.8, 4) is 0 Å². The summed E-state index contributed by atoms with van der Waals surface area (Å²) >= 11 is -1.82. The first-order valence-corrected chi connectivity index (χ1v) is 15.0. The third kappa shape index (κ3) is 2.68. The van der Waals surface area contributed by atoms with Crippen molar-refractivity contribution in [3.05, 3.63) is 19.2 Å². The van der Waals surface area contributed by atoms with Crippen LogP contribution in [0.5, 0.6) is 0 Å². The van der Waals surface area contributed by atoms with E-state index in [0.29, 0.717) is 0 Å². The molecule has 1 rings (SSSR count). The molecular weight excluding hydrogens is 274 g/mol. The van der Waals surface area contributed by atoms with Crippen LogP contribution in [0.4, 0.5) is 0 Å². The summed E-state index contributed by atoms with van der Waals surface area (Å²) in [4.78, 5) is 5.03. The molecule has 14 heavy (non-hydrogen) atoms. The van der Waals surface area contributed by atoms with Crippen LogP contribution in [0.15, 0.2) is 19.2 Å². The van der Waals surface area contributed by atoms with E-state index in [9.17, 15) is 0 Å². The number of allylic oxidation sites excluding steroid dienone is 2. The third-order valence-electron chi connectivity index (χ3n) is 3.25. The summed E-state index contributed by atoms with van der Waals surface area (Å²) in [5.74, 6) is 0. The van der Waals surface area contributed by atoms with Gasteiger partial charge in [0.05, 0.1) is 0 Å². The van der Waals surface area contributed by atoms with E-state index in [1.54, 1.807) is 11.0 Å². The van der Waals surface area contributed by atoms with E-state index in [2.05, 4.69) is 38.8 Å². The Labute approximate surface area is 93.8 Å². The van der Waals surface area contributed by atoms with Gasteiger partial charge in [-0.1, -0.05) is 0 Å². The van der Waals surface area contributed by atoms with Gasteiger partial charge in [-0.2, -0.15) is 0 Å². The van der Waals surface area contributed by atoms with Crippen LogP contribution >= 0.6 is 0 Å². The van der Waals surface area contributed by atoms with Crippen LogP contribution in [-0.2, 0) is 0 Å². The quantitative estimate of drug-likeness (QED) is 0.685. The van der Waals surface area contributed by atoms with Gasteiger partial charge in [-0.15, -0.1) is 0 Å². The molecular formula is C12H23BSn. The van der Waals surface area contributed by atoms with Crippen LogP contribution in [0.3, 0.4) is 0 Å². The molecule has 78 valence electrons. The van der Waals surface area contributed by atoms with Crippen molar-refractivity contribution in [2.24, 2.45) is 0 Å². The maximum atomic E-state index is 2.69. The second-order valence-corrected chi connectivity index (χ2v) is 17.0. The van der Waals surface area contributed by atoms with Gasteiger partial charge in [0, 0.05) is 0 Å². The molecule has 0 fully saturated rings. The van der Waals surface area contributed by atoms with Gasteiger partial charge in [-0.05, 0) is 0 Å². The summed E-state index contributed by atoms with van der Waals surface area (Å²) < 4.78 is 5.34. The van der Waals surface area contributed by atoms with Crippen molar-refractivity contribution in [3.63, 3.8) is 0 Å². The van der Waals surface area contributed by atoms with Gasteiger partial charge < -0.3 is 0 Å². The van der Waals surface area contributed by atoms with Gasteiger partial charge in [0.2, 0.25) is 0 Å². The summed E-state index contributed by atoms with van der Waals surface area (Å²) in [6.07, 6.45) is 3.85. The third-order valence-corrected chi connectivity index (χ3v) is 9.38. The second-order valence-electron chi connectivity index (χ2n) is 4.96. The van der Waals surface area contributed by atoms with E-state index in [0.717, 1.165) is 6.71 Å². The summed E-state index contributed by atoms with van der Waals surface area (Å²) in [5.41, 5.74) is 3.40.